The molecular formula is C16H24ClN3O3. The van der Waals surface area contributed by atoms with E-state index in [4.69, 9.17) is 21.4 Å². The van der Waals surface area contributed by atoms with Crippen molar-refractivity contribution in [1.82, 2.24) is 9.80 Å². The summed E-state index contributed by atoms with van der Waals surface area (Å²) >= 11 is 5.93. The van der Waals surface area contributed by atoms with Crippen LogP contribution in [0.15, 0.2) is 18.2 Å². The lowest BCUT2D eigenvalue weighted by molar-refractivity contribution is 0.0627. The summed E-state index contributed by atoms with van der Waals surface area (Å²) in [6.45, 7) is 6.83. The zero-order valence-corrected chi connectivity index (χ0v) is 14.2. The molecule has 7 heteroatoms. The Morgan fingerprint density at radius 1 is 1.30 bits per heavy atom. The summed E-state index contributed by atoms with van der Waals surface area (Å²) in [6.07, 6.45) is 0. The van der Waals surface area contributed by atoms with Crippen molar-refractivity contribution in [2.24, 2.45) is 0 Å². The third-order valence-electron chi connectivity index (χ3n) is 3.88. The summed E-state index contributed by atoms with van der Waals surface area (Å²) in [5, 5.41) is 12.3. The first-order valence-corrected chi connectivity index (χ1v) is 8.21. The molecule has 0 atom stereocenters. The zero-order valence-electron chi connectivity index (χ0n) is 13.4. The Kier molecular flexibility index (Phi) is 7.11. The van der Waals surface area contributed by atoms with Crippen molar-refractivity contribution in [3.63, 3.8) is 0 Å². The second kappa shape index (κ2) is 9.08. The number of amides is 2. The second-order valence-electron chi connectivity index (χ2n) is 5.55. The van der Waals surface area contributed by atoms with E-state index < -0.39 is 0 Å². The van der Waals surface area contributed by atoms with E-state index in [1.807, 2.05) is 24.0 Å². The number of hydrogen-bond donors (Lipinski definition) is 2. The van der Waals surface area contributed by atoms with Crippen molar-refractivity contribution >= 4 is 23.3 Å². The maximum atomic E-state index is 12.3. The van der Waals surface area contributed by atoms with Crippen LogP contribution in [0.4, 0.5) is 10.5 Å². The van der Waals surface area contributed by atoms with E-state index in [0.717, 1.165) is 30.9 Å². The quantitative estimate of drug-likeness (QED) is 0.774. The molecule has 1 heterocycles. The van der Waals surface area contributed by atoms with Crippen LogP contribution in [-0.2, 0) is 4.74 Å². The van der Waals surface area contributed by atoms with Gasteiger partial charge in [0.1, 0.15) is 0 Å². The third-order valence-corrected chi connectivity index (χ3v) is 4.11. The van der Waals surface area contributed by atoms with Crippen LogP contribution in [0, 0.1) is 6.92 Å². The number of hydrogen-bond acceptors (Lipinski definition) is 4. The Bertz CT molecular complexity index is 519. The third kappa shape index (κ3) is 5.66. The van der Waals surface area contributed by atoms with Crippen LogP contribution in [0.5, 0.6) is 0 Å². The molecule has 0 unspecified atom stereocenters. The number of rotatable bonds is 6. The van der Waals surface area contributed by atoms with Gasteiger partial charge < -0.3 is 20.1 Å². The van der Waals surface area contributed by atoms with E-state index in [0.29, 0.717) is 31.3 Å². The topological polar surface area (TPSA) is 65.0 Å². The van der Waals surface area contributed by atoms with Crippen LogP contribution in [0.25, 0.3) is 0 Å². The van der Waals surface area contributed by atoms with Crippen LogP contribution >= 0.6 is 11.6 Å². The zero-order chi connectivity index (χ0) is 16.7. The van der Waals surface area contributed by atoms with Gasteiger partial charge in [0.15, 0.2) is 0 Å². The number of carbonyl (C=O) groups excluding carboxylic acids is 1. The Morgan fingerprint density at radius 2 is 2.04 bits per heavy atom. The molecule has 2 rings (SSSR count). The molecule has 2 amide bonds. The van der Waals surface area contributed by atoms with E-state index >= 15 is 0 Å². The van der Waals surface area contributed by atoms with E-state index in [1.165, 1.54) is 0 Å². The van der Waals surface area contributed by atoms with E-state index in [9.17, 15) is 4.79 Å². The van der Waals surface area contributed by atoms with Gasteiger partial charge in [0, 0.05) is 43.4 Å². The smallest absolute Gasteiger partial charge is 0.321 e. The summed E-state index contributed by atoms with van der Waals surface area (Å²) in [4.78, 5) is 16.4. The SMILES string of the molecule is Cc1cc(Cl)ccc1NC(=O)N1CCN(CCOCCO)CC1. The van der Waals surface area contributed by atoms with Crippen molar-refractivity contribution in [2.75, 3.05) is 57.9 Å². The second-order valence-corrected chi connectivity index (χ2v) is 5.99. The summed E-state index contributed by atoms with van der Waals surface area (Å²) < 4.78 is 5.27. The van der Waals surface area contributed by atoms with Crippen molar-refractivity contribution in [1.29, 1.82) is 0 Å². The van der Waals surface area contributed by atoms with Gasteiger partial charge in [-0.2, -0.15) is 0 Å². The van der Waals surface area contributed by atoms with Gasteiger partial charge in [-0.05, 0) is 30.7 Å². The number of ether oxygens (including phenoxy) is 1. The molecule has 1 aliphatic heterocycles. The monoisotopic (exact) mass is 341 g/mol. The molecule has 1 aromatic carbocycles. The number of aliphatic hydroxyl groups is 1. The van der Waals surface area contributed by atoms with Crippen molar-refractivity contribution in [3.05, 3.63) is 28.8 Å². The fourth-order valence-corrected chi connectivity index (χ4v) is 2.72. The van der Waals surface area contributed by atoms with Gasteiger partial charge in [0.2, 0.25) is 0 Å². The number of halogens is 1. The van der Waals surface area contributed by atoms with Crippen LogP contribution in [0.1, 0.15) is 5.56 Å². The molecule has 1 fully saturated rings. The molecule has 6 nitrogen and oxygen atoms in total. The Morgan fingerprint density at radius 3 is 2.70 bits per heavy atom. The number of nitrogens with one attached hydrogen (secondary N) is 1. The average Bonchev–Trinajstić information content (AvgIpc) is 2.55. The molecule has 0 bridgehead atoms. The number of anilines is 1. The molecular weight excluding hydrogens is 318 g/mol. The first-order valence-electron chi connectivity index (χ1n) is 7.83. The van der Waals surface area contributed by atoms with E-state index in [2.05, 4.69) is 10.2 Å². The van der Waals surface area contributed by atoms with Crippen LogP contribution in [0.2, 0.25) is 5.02 Å². The Hall–Kier alpha value is -1.34. The number of aryl methyl sites for hydroxylation is 1. The van der Waals surface area contributed by atoms with Crippen molar-refractivity contribution in [3.8, 4) is 0 Å². The number of aliphatic hydroxyl groups excluding tert-OH is 1. The summed E-state index contributed by atoms with van der Waals surface area (Å²) in [7, 11) is 0. The van der Waals surface area contributed by atoms with Gasteiger partial charge >= 0.3 is 6.03 Å². The largest absolute Gasteiger partial charge is 0.394 e. The first kappa shape index (κ1) is 18.0. The minimum Gasteiger partial charge on any atom is -0.394 e. The molecule has 2 N–H and O–H groups in total. The number of nitrogens with zero attached hydrogens (tertiary/aromatic N) is 2. The van der Waals surface area contributed by atoms with Crippen LogP contribution < -0.4 is 5.32 Å². The van der Waals surface area contributed by atoms with E-state index in [-0.39, 0.29) is 12.6 Å². The van der Waals surface area contributed by atoms with E-state index in [1.54, 1.807) is 6.07 Å². The van der Waals surface area contributed by atoms with Crippen molar-refractivity contribution < 1.29 is 14.6 Å². The lowest BCUT2D eigenvalue weighted by Crippen LogP contribution is -2.50. The molecule has 1 aromatic rings. The summed E-state index contributed by atoms with van der Waals surface area (Å²) in [5.41, 5.74) is 1.74. The summed E-state index contributed by atoms with van der Waals surface area (Å²) in [6, 6.07) is 5.35. The fourth-order valence-electron chi connectivity index (χ4n) is 2.50. The highest BCUT2D eigenvalue weighted by Gasteiger charge is 2.21. The number of urea groups is 1. The molecule has 128 valence electrons. The molecule has 0 spiro atoms. The lowest BCUT2D eigenvalue weighted by atomic mass is 10.2. The molecule has 0 saturated carbocycles. The maximum absolute atomic E-state index is 12.3. The van der Waals surface area contributed by atoms with Gasteiger partial charge in [-0.15, -0.1) is 0 Å². The van der Waals surface area contributed by atoms with Gasteiger partial charge in [0.25, 0.3) is 0 Å². The van der Waals surface area contributed by atoms with Gasteiger partial charge in [-0.3, -0.25) is 4.90 Å². The lowest BCUT2D eigenvalue weighted by Gasteiger charge is -2.34. The average molecular weight is 342 g/mol. The Labute approximate surface area is 142 Å². The Balaban J connectivity index is 1.75. The first-order chi connectivity index (χ1) is 11.1. The van der Waals surface area contributed by atoms with Crippen molar-refractivity contribution in [2.45, 2.75) is 6.92 Å². The highest BCUT2D eigenvalue weighted by atomic mass is 35.5. The maximum Gasteiger partial charge on any atom is 0.321 e. The number of carbonyl (C=O) groups is 1. The molecule has 1 saturated heterocycles. The highest BCUT2D eigenvalue weighted by Crippen LogP contribution is 2.20. The molecule has 0 radical (unpaired) electrons. The van der Waals surface area contributed by atoms with Gasteiger partial charge in [-0.25, -0.2) is 4.79 Å². The molecule has 0 aromatic heterocycles. The van der Waals surface area contributed by atoms with Gasteiger partial charge in [0.05, 0.1) is 19.8 Å². The number of benzene rings is 1. The molecule has 1 aliphatic rings. The van der Waals surface area contributed by atoms with Crippen LogP contribution in [0.3, 0.4) is 0 Å². The fraction of sp³-hybridized carbons (Fsp3) is 0.562. The standard InChI is InChI=1S/C16H24ClN3O3/c1-13-12-14(17)2-3-15(13)18-16(22)20-6-4-19(5-7-20)8-10-23-11-9-21/h2-3,12,21H,4-11H2,1H3,(H,18,22). The van der Waals surface area contributed by atoms with Crippen LogP contribution in [-0.4, -0.2) is 73.5 Å². The van der Waals surface area contributed by atoms with Gasteiger partial charge in [-0.1, -0.05) is 11.6 Å². The molecule has 23 heavy (non-hydrogen) atoms. The minimum absolute atomic E-state index is 0.0536. The highest BCUT2D eigenvalue weighted by molar-refractivity contribution is 6.30. The summed E-state index contributed by atoms with van der Waals surface area (Å²) in [5.74, 6) is 0. The predicted octanol–water partition coefficient (Wildman–Crippen LogP) is 1.81. The normalized spacial score (nSPS) is 15.7. The predicted molar refractivity (Wildman–Crippen MR) is 91.1 cm³/mol. The minimum atomic E-state index is -0.0772. The molecule has 0 aliphatic carbocycles. The number of piperazine rings is 1.